The van der Waals surface area contributed by atoms with Gasteiger partial charge < -0.3 is 30.1 Å². The zero-order valence-electron chi connectivity index (χ0n) is 21.9. The number of aliphatic hydroxyl groups excluding tert-OH is 3. The van der Waals surface area contributed by atoms with Crippen LogP contribution in [0.5, 0.6) is 0 Å². The highest BCUT2D eigenvalue weighted by Crippen LogP contribution is 2.24. The molecule has 9 heteroatoms. The number of allylic oxidation sites excluding steroid dienone is 1. The maximum Gasteiger partial charge on any atom is 0.308 e. The Bertz CT molecular complexity index is 696. The monoisotopic (exact) mass is 499 g/mol. The van der Waals surface area contributed by atoms with Crippen molar-refractivity contribution in [2.45, 2.75) is 97.1 Å². The molecule has 4 N–H and O–H groups in total. The molecule has 9 nitrogen and oxygen atoms in total. The highest BCUT2D eigenvalue weighted by atomic mass is 16.5. The third-order valence-corrected chi connectivity index (χ3v) is 6.27. The number of hydrogen-bond donors (Lipinski definition) is 4. The van der Waals surface area contributed by atoms with E-state index >= 15 is 0 Å². The number of nitrogens with one attached hydrogen (secondary N) is 1. The first-order valence-corrected chi connectivity index (χ1v) is 12.6. The average molecular weight is 500 g/mol. The number of rotatable bonds is 14. The lowest BCUT2D eigenvalue weighted by Crippen LogP contribution is -2.48. The zero-order chi connectivity index (χ0) is 26.6. The number of ether oxygens (including phenoxy) is 2. The summed E-state index contributed by atoms with van der Waals surface area (Å²) >= 11 is 0. The maximum absolute atomic E-state index is 12.8. The van der Waals surface area contributed by atoms with Gasteiger partial charge >= 0.3 is 5.97 Å². The van der Waals surface area contributed by atoms with Crippen molar-refractivity contribution in [2.75, 3.05) is 20.3 Å². The highest BCUT2D eigenvalue weighted by Gasteiger charge is 2.36. The lowest BCUT2D eigenvalue weighted by atomic mass is 9.89. The highest BCUT2D eigenvalue weighted by molar-refractivity contribution is 5.89. The van der Waals surface area contributed by atoms with Gasteiger partial charge in [0, 0.05) is 19.4 Å². The molecule has 0 aromatic rings. The minimum atomic E-state index is -1.67. The fraction of sp³-hybridized carbons (Fsp3) is 0.808. The summed E-state index contributed by atoms with van der Waals surface area (Å²) < 4.78 is 10.4. The van der Waals surface area contributed by atoms with E-state index in [2.05, 4.69) is 5.32 Å². The Morgan fingerprint density at radius 2 is 1.69 bits per heavy atom. The third kappa shape index (κ3) is 11.2. The quantitative estimate of drug-likeness (QED) is 0.161. The van der Waals surface area contributed by atoms with Gasteiger partial charge in [-0.1, -0.05) is 59.1 Å². The molecule has 1 aliphatic rings. The van der Waals surface area contributed by atoms with Crippen molar-refractivity contribution in [1.82, 2.24) is 5.32 Å². The molecule has 0 radical (unpaired) electrons. The van der Waals surface area contributed by atoms with E-state index in [1.54, 1.807) is 13.0 Å². The molecule has 0 aromatic carbocycles. The standard InChI is InChI=1S/C26H45NO8/c1-6-17(24(32)27-14-15-35-25(33)18-10-8-7-9-11-18)16-20(29)23(34-5)22(31)21(30)19(28)12-13-26(2,3)4/h12-13,17-19,21-23,28,30-31H,6-11,14-16H2,1-5H3,(H,27,32)/b13-12+/t17-,19-,21+,22-,23+/m1/s1. The molecule has 0 bridgehead atoms. The van der Waals surface area contributed by atoms with Gasteiger partial charge in [-0.3, -0.25) is 14.4 Å². The molecule has 0 heterocycles. The Kier molecular flexibility index (Phi) is 13.7. The van der Waals surface area contributed by atoms with Gasteiger partial charge in [0.25, 0.3) is 0 Å². The van der Waals surface area contributed by atoms with Crippen LogP contribution in [-0.4, -0.2) is 77.7 Å². The van der Waals surface area contributed by atoms with Crippen LogP contribution in [0.4, 0.5) is 0 Å². The maximum atomic E-state index is 12.8. The lowest BCUT2D eigenvalue weighted by molar-refractivity contribution is -0.150. The summed E-state index contributed by atoms with van der Waals surface area (Å²) in [7, 11) is 1.22. The molecule has 0 spiro atoms. The number of methoxy groups -OCH3 is 1. The molecular weight excluding hydrogens is 454 g/mol. The number of hydrogen-bond acceptors (Lipinski definition) is 8. The number of esters is 1. The largest absolute Gasteiger partial charge is 0.464 e. The minimum absolute atomic E-state index is 0.0595. The average Bonchev–Trinajstić information content (AvgIpc) is 2.83. The van der Waals surface area contributed by atoms with Crippen molar-refractivity contribution >= 4 is 17.7 Å². The number of aliphatic hydroxyl groups is 3. The lowest BCUT2D eigenvalue weighted by Gasteiger charge is -2.28. The summed E-state index contributed by atoms with van der Waals surface area (Å²) in [4.78, 5) is 37.4. The molecule has 1 amide bonds. The SMILES string of the molecule is CC[C@H](CC(=O)[C@H](OC)[C@H](O)[C@@H](O)[C@H](O)/C=C/C(C)(C)C)C(=O)NCCOC(=O)C1CCCCC1. The van der Waals surface area contributed by atoms with E-state index in [0.717, 1.165) is 32.1 Å². The first-order chi connectivity index (χ1) is 16.4. The molecule has 0 saturated heterocycles. The van der Waals surface area contributed by atoms with Gasteiger partial charge in [0.2, 0.25) is 5.91 Å². The fourth-order valence-corrected chi connectivity index (χ4v) is 4.05. The summed E-state index contributed by atoms with van der Waals surface area (Å²) in [5.41, 5.74) is -0.238. The number of ketones is 1. The Morgan fingerprint density at radius 3 is 2.23 bits per heavy atom. The second kappa shape index (κ2) is 15.3. The zero-order valence-corrected chi connectivity index (χ0v) is 21.9. The number of carbonyl (C=O) groups excluding carboxylic acids is 3. The number of carbonyl (C=O) groups is 3. The second-order valence-corrected chi connectivity index (χ2v) is 10.4. The summed E-state index contributed by atoms with van der Waals surface area (Å²) in [6.07, 6.45) is 2.01. The van der Waals surface area contributed by atoms with E-state index in [1.165, 1.54) is 13.2 Å². The first kappa shape index (κ1) is 31.2. The van der Waals surface area contributed by atoms with Gasteiger partial charge in [-0.15, -0.1) is 0 Å². The van der Waals surface area contributed by atoms with E-state index in [9.17, 15) is 29.7 Å². The Morgan fingerprint density at radius 1 is 1.06 bits per heavy atom. The van der Waals surface area contributed by atoms with Gasteiger partial charge in [0.05, 0.1) is 12.5 Å². The van der Waals surface area contributed by atoms with Crippen molar-refractivity contribution < 1.29 is 39.2 Å². The van der Waals surface area contributed by atoms with Gasteiger partial charge in [0.1, 0.15) is 31.0 Å². The summed E-state index contributed by atoms with van der Waals surface area (Å²) in [5, 5.41) is 33.6. The first-order valence-electron chi connectivity index (χ1n) is 12.6. The molecule has 0 unspecified atom stereocenters. The van der Waals surface area contributed by atoms with E-state index in [0.29, 0.717) is 6.42 Å². The molecule has 35 heavy (non-hydrogen) atoms. The van der Waals surface area contributed by atoms with Gasteiger partial charge in [-0.2, -0.15) is 0 Å². The van der Waals surface area contributed by atoms with Crippen molar-refractivity contribution in [3.63, 3.8) is 0 Å². The summed E-state index contributed by atoms with van der Waals surface area (Å²) in [6.45, 7) is 7.71. The van der Waals surface area contributed by atoms with E-state index in [1.807, 2.05) is 20.8 Å². The molecule has 1 saturated carbocycles. The molecule has 1 fully saturated rings. The van der Waals surface area contributed by atoms with Crippen LogP contribution < -0.4 is 5.32 Å². The van der Waals surface area contributed by atoms with Crippen LogP contribution in [0.1, 0.15) is 72.6 Å². The fourth-order valence-electron chi connectivity index (χ4n) is 4.05. The predicted octanol–water partition coefficient (Wildman–Crippen LogP) is 1.91. The van der Waals surface area contributed by atoms with E-state index < -0.39 is 36.1 Å². The second-order valence-electron chi connectivity index (χ2n) is 10.4. The molecule has 0 aliphatic heterocycles. The van der Waals surface area contributed by atoms with Crippen LogP contribution in [0.3, 0.4) is 0 Å². The van der Waals surface area contributed by atoms with Crippen molar-refractivity contribution in [2.24, 2.45) is 17.3 Å². The Balaban J connectivity index is 2.55. The number of amides is 1. The van der Waals surface area contributed by atoms with Crippen LogP contribution in [0.25, 0.3) is 0 Å². The minimum Gasteiger partial charge on any atom is -0.464 e. The van der Waals surface area contributed by atoms with Crippen molar-refractivity contribution in [3.8, 4) is 0 Å². The van der Waals surface area contributed by atoms with Crippen LogP contribution in [0.2, 0.25) is 0 Å². The number of Topliss-reactive ketones (excluding diaryl/α,β-unsaturated/α-hetero) is 1. The van der Waals surface area contributed by atoms with Crippen LogP contribution in [0, 0.1) is 17.3 Å². The van der Waals surface area contributed by atoms with Crippen LogP contribution in [0.15, 0.2) is 12.2 Å². The van der Waals surface area contributed by atoms with Crippen molar-refractivity contribution in [3.05, 3.63) is 12.2 Å². The van der Waals surface area contributed by atoms with Gasteiger partial charge in [-0.25, -0.2) is 0 Å². The molecule has 5 atom stereocenters. The molecule has 1 aliphatic carbocycles. The molecular formula is C26H45NO8. The molecule has 1 rings (SSSR count). The van der Waals surface area contributed by atoms with Crippen LogP contribution in [-0.2, 0) is 23.9 Å². The van der Waals surface area contributed by atoms with Crippen LogP contribution >= 0.6 is 0 Å². The Labute approximate surface area is 209 Å². The Hall–Kier alpha value is -1.81. The molecule has 202 valence electrons. The van der Waals surface area contributed by atoms with Gasteiger partial charge in [0.15, 0.2) is 5.78 Å². The van der Waals surface area contributed by atoms with Gasteiger partial charge in [-0.05, 0) is 24.7 Å². The third-order valence-electron chi connectivity index (χ3n) is 6.27. The summed E-state index contributed by atoms with van der Waals surface area (Å²) in [5.74, 6) is -1.89. The summed E-state index contributed by atoms with van der Waals surface area (Å²) in [6, 6.07) is 0. The topological polar surface area (TPSA) is 142 Å². The smallest absolute Gasteiger partial charge is 0.308 e. The normalized spacial score (nSPS) is 19.5. The van der Waals surface area contributed by atoms with Crippen molar-refractivity contribution in [1.29, 1.82) is 0 Å². The van der Waals surface area contributed by atoms with E-state index in [4.69, 9.17) is 9.47 Å². The van der Waals surface area contributed by atoms with E-state index in [-0.39, 0.29) is 42.8 Å². The predicted molar refractivity (Wildman–Crippen MR) is 131 cm³/mol. The molecule has 0 aromatic heterocycles.